The van der Waals surface area contributed by atoms with Gasteiger partial charge in [-0.1, -0.05) is 22.6 Å². The molecule has 0 bridgehead atoms. The fraction of sp³-hybridized carbons (Fsp3) is 0.750. The molecule has 0 aromatic heterocycles. The zero-order chi connectivity index (χ0) is 10.2. The predicted molar refractivity (Wildman–Crippen MR) is 55.8 cm³/mol. The van der Waals surface area contributed by atoms with Gasteiger partial charge >= 0.3 is 6.09 Å². The van der Waals surface area contributed by atoms with E-state index >= 15 is 0 Å². The molecule has 0 radical (unpaired) electrons. The van der Waals surface area contributed by atoms with Gasteiger partial charge in [-0.2, -0.15) is 0 Å². The maximum Gasteiger partial charge on any atom is 0.417 e. The third-order valence-corrected chi connectivity index (χ3v) is 2.43. The first-order valence-electron chi connectivity index (χ1n) is 4.01. The number of hydrogen-bond acceptors (Lipinski definition) is 3. The van der Waals surface area contributed by atoms with E-state index in [4.69, 9.17) is 4.74 Å². The van der Waals surface area contributed by atoms with E-state index in [0.717, 1.165) is 0 Å². The Morgan fingerprint density at radius 1 is 1.69 bits per heavy atom. The van der Waals surface area contributed by atoms with Crippen LogP contribution in [-0.4, -0.2) is 33.0 Å². The van der Waals surface area contributed by atoms with Crippen molar-refractivity contribution in [1.29, 1.82) is 0 Å². The first-order valence-corrected chi connectivity index (χ1v) is 5.26. The number of amides is 2. The van der Waals surface area contributed by atoms with Gasteiger partial charge < -0.3 is 4.74 Å². The van der Waals surface area contributed by atoms with E-state index in [2.05, 4.69) is 0 Å². The van der Waals surface area contributed by atoms with E-state index in [1.807, 2.05) is 36.4 Å². The van der Waals surface area contributed by atoms with Crippen LogP contribution >= 0.6 is 22.6 Å². The van der Waals surface area contributed by atoms with Crippen LogP contribution in [0.15, 0.2) is 0 Å². The Hall–Kier alpha value is -0.330. The highest BCUT2D eigenvalue weighted by Gasteiger charge is 2.44. The maximum atomic E-state index is 11.6. The molecular formula is C8H12INO3. The Morgan fingerprint density at radius 2 is 2.23 bits per heavy atom. The Bertz CT molecular complexity index is 250. The number of nitrogens with zero attached hydrogens (tertiary/aromatic N) is 1. The Morgan fingerprint density at radius 3 is 2.54 bits per heavy atom. The smallest absolute Gasteiger partial charge is 0.417 e. The molecule has 1 aliphatic heterocycles. The molecule has 74 valence electrons. The minimum absolute atomic E-state index is 0.187. The molecule has 1 fully saturated rings. The number of halogens is 1. The first kappa shape index (κ1) is 10.7. The van der Waals surface area contributed by atoms with Gasteiger partial charge in [-0.25, -0.2) is 9.69 Å². The first-order chi connectivity index (χ1) is 5.86. The molecule has 0 aromatic carbocycles. The Balaban J connectivity index is 2.88. The number of hydrogen-bond donors (Lipinski definition) is 0. The molecule has 0 aliphatic carbocycles. The minimum atomic E-state index is -0.529. The Labute approximate surface area is 90.7 Å². The second-order valence-electron chi connectivity index (χ2n) is 3.66. The van der Waals surface area contributed by atoms with E-state index in [1.54, 1.807) is 6.92 Å². The quantitative estimate of drug-likeness (QED) is 0.545. The second kappa shape index (κ2) is 3.43. The molecule has 4 nitrogen and oxygen atoms in total. The van der Waals surface area contributed by atoms with Crippen LogP contribution in [0.2, 0.25) is 0 Å². The highest BCUT2D eigenvalue weighted by Crippen LogP contribution is 2.25. The summed E-state index contributed by atoms with van der Waals surface area (Å²) in [5.41, 5.74) is -0.506. The number of cyclic esters (lactones) is 1. The zero-order valence-corrected chi connectivity index (χ0v) is 9.99. The largest absolute Gasteiger partial charge is 0.447 e. The standard InChI is InChI=1S/C8H12INO3/c1-5(9)6(11)10-7(12)13-4-8(10,2)3/h5H,4H2,1-3H3. The van der Waals surface area contributed by atoms with Crippen molar-refractivity contribution in [1.82, 2.24) is 4.90 Å². The van der Waals surface area contributed by atoms with E-state index in [1.165, 1.54) is 4.90 Å². The van der Waals surface area contributed by atoms with Crippen LogP contribution in [0, 0.1) is 0 Å². The van der Waals surface area contributed by atoms with Gasteiger partial charge in [0.15, 0.2) is 0 Å². The molecule has 1 rings (SSSR count). The number of rotatable bonds is 1. The third kappa shape index (κ3) is 1.95. The molecule has 1 unspecified atom stereocenters. The molecule has 5 heteroatoms. The fourth-order valence-electron chi connectivity index (χ4n) is 1.18. The summed E-state index contributed by atoms with van der Waals surface area (Å²) >= 11 is 1.99. The lowest BCUT2D eigenvalue weighted by atomic mass is 10.1. The van der Waals surface area contributed by atoms with Crippen molar-refractivity contribution < 1.29 is 14.3 Å². The monoisotopic (exact) mass is 297 g/mol. The van der Waals surface area contributed by atoms with Crippen LogP contribution in [0.4, 0.5) is 4.79 Å². The third-order valence-electron chi connectivity index (χ3n) is 1.90. The normalized spacial score (nSPS) is 22.8. The van der Waals surface area contributed by atoms with Crippen LogP contribution < -0.4 is 0 Å². The average molecular weight is 297 g/mol. The van der Waals surface area contributed by atoms with Gasteiger partial charge in [0.2, 0.25) is 5.91 Å². The van der Waals surface area contributed by atoms with Crippen LogP contribution in [0.3, 0.4) is 0 Å². The minimum Gasteiger partial charge on any atom is -0.447 e. The van der Waals surface area contributed by atoms with Crippen molar-refractivity contribution in [2.45, 2.75) is 30.2 Å². The summed E-state index contributed by atoms with van der Waals surface area (Å²) < 4.78 is 4.61. The number of ether oxygens (including phenoxy) is 1. The molecule has 1 heterocycles. The van der Waals surface area contributed by atoms with Crippen LogP contribution in [0.25, 0.3) is 0 Å². The molecule has 0 saturated carbocycles. The highest BCUT2D eigenvalue weighted by molar-refractivity contribution is 14.1. The van der Waals surface area contributed by atoms with Gasteiger partial charge in [-0.3, -0.25) is 4.79 Å². The van der Waals surface area contributed by atoms with Gasteiger partial charge in [0.05, 0.1) is 9.46 Å². The summed E-state index contributed by atoms with van der Waals surface area (Å²) in [6.45, 7) is 5.66. The summed E-state index contributed by atoms with van der Waals surface area (Å²) in [7, 11) is 0. The lowest BCUT2D eigenvalue weighted by Crippen LogP contribution is -2.48. The van der Waals surface area contributed by atoms with Gasteiger partial charge in [-0.05, 0) is 20.8 Å². The SMILES string of the molecule is CC(I)C(=O)N1C(=O)OCC1(C)C. The number of carbonyl (C=O) groups excluding carboxylic acids is 2. The molecule has 13 heavy (non-hydrogen) atoms. The van der Waals surface area contributed by atoms with Gasteiger partial charge in [0.25, 0.3) is 0 Å². The lowest BCUT2D eigenvalue weighted by molar-refractivity contribution is -0.129. The average Bonchev–Trinajstić information content (AvgIpc) is 2.25. The summed E-state index contributed by atoms with van der Waals surface area (Å²) in [6.07, 6.45) is -0.529. The second-order valence-corrected chi connectivity index (χ2v) is 5.53. The van der Waals surface area contributed by atoms with E-state index in [0.29, 0.717) is 0 Å². The van der Waals surface area contributed by atoms with Crippen LogP contribution in [-0.2, 0) is 9.53 Å². The van der Waals surface area contributed by atoms with Crippen molar-refractivity contribution in [3.8, 4) is 0 Å². The van der Waals surface area contributed by atoms with E-state index in [-0.39, 0.29) is 16.4 Å². The molecule has 0 aromatic rings. The fourth-order valence-corrected chi connectivity index (χ4v) is 1.46. The summed E-state index contributed by atoms with van der Waals surface area (Å²) in [6, 6.07) is 0. The molecule has 1 aliphatic rings. The summed E-state index contributed by atoms with van der Waals surface area (Å²) in [5, 5.41) is 0. The highest BCUT2D eigenvalue weighted by atomic mass is 127. The van der Waals surface area contributed by atoms with Crippen molar-refractivity contribution in [3.63, 3.8) is 0 Å². The number of alkyl halides is 1. The van der Waals surface area contributed by atoms with E-state index < -0.39 is 11.6 Å². The van der Waals surface area contributed by atoms with Crippen LogP contribution in [0.5, 0.6) is 0 Å². The zero-order valence-electron chi connectivity index (χ0n) is 7.83. The predicted octanol–water partition coefficient (Wildman–Crippen LogP) is 1.57. The summed E-state index contributed by atoms with van der Waals surface area (Å²) in [4.78, 5) is 24.0. The lowest BCUT2D eigenvalue weighted by Gasteiger charge is -2.26. The van der Waals surface area contributed by atoms with Crippen molar-refractivity contribution >= 4 is 34.6 Å². The summed E-state index contributed by atoms with van der Waals surface area (Å²) in [5.74, 6) is -0.187. The molecule has 0 spiro atoms. The van der Waals surface area contributed by atoms with Crippen LogP contribution in [0.1, 0.15) is 20.8 Å². The van der Waals surface area contributed by atoms with Crippen molar-refractivity contribution in [2.75, 3.05) is 6.61 Å². The van der Waals surface area contributed by atoms with E-state index in [9.17, 15) is 9.59 Å². The van der Waals surface area contributed by atoms with Gasteiger partial charge in [-0.15, -0.1) is 0 Å². The van der Waals surface area contributed by atoms with Crippen molar-refractivity contribution in [3.05, 3.63) is 0 Å². The molecule has 2 amide bonds. The number of carbonyl (C=O) groups is 2. The molecule has 1 atom stereocenters. The Kier molecular flexibility index (Phi) is 2.84. The molecule has 0 N–H and O–H groups in total. The van der Waals surface area contributed by atoms with Crippen molar-refractivity contribution in [2.24, 2.45) is 0 Å². The molecule has 1 saturated heterocycles. The topological polar surface area (TPSA) is 46.6 Å². The van der Waals surface area contributed by atoms with Gasteiger partial charge in [0, 0.05) is 0 Å². The van der Waals surface area contributed by atoms with Gasteiger partial charge in [0.1, 0.15) is 6.61 Å². The molecular weight excluding hydrogens is 285 g/mol. The number of imide groups is 1. The maximum absolute atomic E-state index is 11.6.